The van der Waals surface area contributed by atoms with E-state index in [0.29, 0.717) is 13.0 Å². The molecule has 0 saturated carbocycles. The lowest BCUT2D eigenvalue weighted by molar-refractivity contribution is 0.617. The molecule has 0 spiro atoms. The average Bonchev–Trinajstić information content (AvgIpc) is 2.52. The molecule has 0 unspecified atom stereocenters. The molecule has 1 N–H and O–H groups in total. The van der Waals surface area contributed by atoms with Gasteiger partial charge in [-0.15, -0.1) is 10.2 Å². The molecule has 0 fully saturated rings. The Kier molecular flexibility index (Phi) is 3.93. The Morgan fingerprint density at radius 2 is 2.54 bits per heavy atom. The largest absolute Gasteiger partial charge is 0.320 e. The first-order valence-electron chi connectivity index (χ1n) is 4.25. The number of nitriles is 1. The Morgan fingerprint density at radius 1 is 1.69 bits per heavy atom. The highest BCUT2D eigenvalue weighted by atomic mass is 15.3. The van der Waals surface area contributed by atoms with Crippen LogP contribution in [-0.4, -0.2) is 21.3 Å². The van der Waals surface area contributed by atoms with Gasteiger partial charge in [0.25, 0.3) is 0 Å². The number of unbranched alkanes of at least 4 members (excludes halogenated alkanes) is 1. The lowest BCUT2D eigenvalue weighted by atomic mass is 10.3. The predicted octanol–water partition coefficient (Wildman–Crippen LogP) is 0.208. The van der Waals surface area contributed by atoms with Gasteiger partial charge in [-0.05, 0) is 13.0 Å². The van der Waals surface area contributed by atoms with Gasteiger partial charge in [-0.25, -0.2) is 0 Å². The van der Waals surface area contributed by atoms with Crippen molar-refractivity contribution in [1.82, 2.24) is 20.1 Å². The Morgan fingerprint density at radius 3 is 3.15 bits per heavy atom. The van der Waals surface area contributed by atoms with Crippen molar-refractivity contribution in [3.63, 3.8) is 0 Å². The van der Waals surface area contributed by atoms with Gasteiger partial charge in [0.1, 0.15) is 12.2 Å². The molecule has 0 atom stereocenters. The molecule has 5 nitrogen and oxygen atoms in total. The third kappa shape index (κ3) is 3.22. The molecule has 0 bridgehead atoms. The Bertz CT molecular complexity index is 285. The van der Waals surface area contributed by atoms with Crippen molar-refractivity contribution < 1.29 is 0 Å². The van der Waals surface area contributed by atoms with E-state index in [9.17, 15) is 0 Å². The first-order valence-corrected chi connectivity index (χ1v) is 4.25. The van der Waals surface area contributed by atoms with Crippen LogP contribution in [0.4, 0.5) is 0 Å². The van der Waals surface area contributed by atoms with Gasteiger partial charge in [0.2, 0.25) is 0 Å². The monoisotopic (exact) mass is 179 g/mol. The van der Waals surface area contributed by atoms with E-state index in [2.05, 4.69) is 21.6 Å². The first-order chi connectivity index (χ1) is 6.34. The summed E-state index contributed by atoms with van der Waals surface area (Å²) in [5.74, 6) is 0.914. The zero-order valence-electron chi connectivity index (χ0n) is 7.69. The van der Waals surface area contributed by atoms with Crippen molar-refractivity contribution in [2.24, 2.45) is 7.05 Å². The maximum atomic E-state index is 8.29. The van der Waals surface area contributed by atoms with Crippen LogP contribution >= 0.6 is 0 Å². The smallest absolute Gasteiger partial charge is 0.146 e. The second-order valence-electron chi connectivity index (χ2n) is 2.80. The number of rotatable bonds is 5. The minimum atomic E-state index is 0.603. The van der Waals surface area contributed by atoms with Crippen LogP contribution in [0.1, 0.15) is 18.7 Å². The van der Waals surface area contributed by atoms with Crippen molar-refractivity contribution in [2.75, 3.05) is 6.54 Å². The van der Waals surface area contributed by atoms with E-state index in [-0.39, 0.29) is 0 Å². The highest BCUT2D eigenvalue weighted by molar-refractivity contribution is 4.83. The number of nitrogens with zero attached hydrogens (tertiary/aromatic N) is 4. The van der Waals surface area contributed by atoms with Crippen LogP contribution in [0.2, 0.25) is 0 Å². The summed E-state index contributed by atoms with van der Waals surface area (Å²) in [5, 5.41) is 19.2. The summed E-state index contributed by atoms with van der Waals surface area (Å²) in [6, 6.07) is 2.10. The number of hydrogen-bond donors (Lipinski definition) is 1. The van der Waals surface area contributed by atoms with Crippen LogP contribution in [0.15, 0.2) is 6.33 Å². The summed E-state index contributed by atoms with van der Waals surface area (Å²) in [4.78, 5) is 0. The molecule has 0 aliphatic carbocycles. The van der Waals surface area contributed by atoms with Gasteiger partial charge < -0.3 is 9.88 Å². The van der Waals surface area contributed by atoms with E-state index >= 15 is 0 Å². The SMILES string of the molecule is Cn1cnnc1CNCCCC#N. The number of hydrogen-bond acceptors (Lipinski definition) is 4. The molecule has 0 radical (unpaired) electrons. The van der Waals surface area contributed by atoms with Crippen LogP contribution in [0, 0.1) is 11.3 Å². The van der Waals surface area contributed by atoms with Crippen LogP contribution < -0.4 is 5.32 Å². The van der Waals surface area contributed by atoms with Gasteiger partial charge in [0.05, 0.1) is 12.6 Å². The number of aromatic nitrogens is 3. The standard InChI is InChI=1S/C8H13N5/c1-13-7-11-12-8(13)6-10-5-3-2-4-9/h7,10H,2-3,5-6H2,1H3. The number of nitrogens with one attached hydrogen (secondary N) is 1. The maximum Gasteiger partial charge on any atom is 0.146 e. The van der Waals surface area contributed by atoms with E-state index in [1.54, 1.807) is 6.33 Å². The van der Waals surface area contributed by atoms with E-state index in [4.69, 9.17) is 5.26 Å². The van der Waals surface area contributed by atoms with Crippen LogP contribution in [0.3, 0.4) is 0 Å². The zero-order valence-corrected chi connectivity index (χ0v) is 7.69. The van der Waals surface area contributed by atoms with Crippen molar-refractivity contribution in [2.45, 2.75) is 19.4 Å². The molecule has 1 aromatic rings. The van der Waals surface area contributed by atoms with Gasteiger partial charge >= 0.3 is 0 Å². The summed E-state index contributed by atoms with van der Waals surface area (Å²) in [7, 11) is 1.91. The second-order valence-corrected chi connectivity index (χ2v) is 2.80. The molecule has 0 aliphatic heterocycles. The van der Waals surface area contributed by atoms with Crippen LogP contribution in [0.5, 0.6) is 0 Å². The Hall–Kier alpha value is -1.41. The number of aryl methyl sites for hydroxylation is 1. The third-order valence-electron chi connectivity index (χ3n) is 1.73. The fraction of sp³-hybridized carbons (Fsp3) is 0.625. The average molecular weight is 179 g/mol. The molecule has 1 aromatic heterocycles. The van der Waals surface area contributed by atoms with E-state index in [0.717, 1.165) is 18.8 Å². The summed E-state index contributed by atoms with van der Waals surface area (Å²) in [6.45, 7) is 1.56. The molecule has 0 saturated heterocycles. The molecule has 0 aromatic carbocycles. The zero-order chi connectivity index (χ0) is 9.52. The fourth-order valence-electron chi connectivity index (χ4n) is 0.960. The Labute approximate surface area is 77.4 Å². The van der Waals surface area contributed by atoms with Crippen molar-refractivity contribution in [1.29, 1.82) is 5.26 Å². The van der Waals surface area contributed by atoms with E-state index in [1.165, 1.54) is 0 Å². The first kappa shape index (κ1) is 9.68. The van der Waals surface area contributed by atoms with Gasteiger partial charge in [0.15, 0.2) is 0 Å². The molecule has 5 heteroatoms. The summed E-state index contributed by atoms with van der Waals surface area (Å²) in [5.41, 5.74) is 0. The fourth-order valence-corrected chi connectivity index (χ4v) is 0.960. The summed E-state index contributed by atoms with van der Waals surface area (Å²) in [6.07, 6.45) is 3.16. The normalized spacial score (nSPS) is 9.85. The van der Waals surface area contributed by atoms with Crippen molar-refractivity contribution in [3.8, 4) is 6.07 Å². The molecular weight excluding hydrogens is 166 g/mol. The lowest BCUT2D eigenvalue weighted by Crippen LogP contribution is -2.17. The van der Waals surface area contributed by atoms with Gasteiger partial charge in [-0.1, -0.05) is 0 Å². The van der Waals surface area contributed by atoms with E-state index < -0.39 is 0 Å². The molecule has 1 heterocycles. The topological polar surface area (TPSA) is 66.5 Å². The van der Waals surface area contributed by atoms with Gasteiger partial charge in [0, 0.05) is 13.5 Å². The minimum Gasteiger partial charge on any atom is -0.320 e. The maximum absolute atomic E-state index is 8.29. The molecule has 1 rings (SSSR count). The molecule has 70 valence electrons. The predicted molar refractivity (Wildman–Crippen MR) is 47.6 cm³/mol. The van der Waals surface area contributed by atoms with Gasteiger partial charge in [-0.3, -0.25) is 0 Å². The molecule has 13 heavy (non-hydrogen) atoms. The third-order valence-corrected chi connectivity index (χ3v) is 1.73. The molecule has 0 amide bonds. The van der Waals surface area contributed by atoms with E-state index in [1.807, 2.05) is 11.6 Å². The van der Waals surface area contributed by atoms with Crippen LogP contribution in [-0.2, 0) is 13.6 Å². The molecular formula is C8H13N5. The van der Waals surface area contributed by atoms with Crippen LogP contribution in [0.25, 0.3) is 0 Å². The Balaban J connectivity index is 2.14. The minimum absolute atomic E-state index is 0.603. The second kappa shape index (κ2) is 5.27. The molecule has 0 aliphatic rings. The van der Waals surface area contributed by atoms with Gasteiger partial charge in [-0.2, -0.15) is 5.26 Å². The summed E-state index contributed by atoms with van der Waals surface area (Å²) >= 11 is 0. The van der Waals surface area contributed by atoms with Crippen molar-refractivity contribution >= 4 is 0 Å². The highest BCUT2D eigenvalue weighted by Crippen LogP contribution is 1.90. The highest BCUT2D eigenvalue weighted by Gasteiger charge is 1.97. The summed E-state index contributed by atoms with van der Waals surface area (Å²) < 4.78 is 1.87. The van der Waals surface area contributed by atoms with Crippen molar-refractivity contribution in [3.05, 3.63) is 12.2 Å². The quantitative estimate of drug-likeness (QED) is 0.656. The lowest BCUT2D eigenvalue weighted by Gasteiger charge is -2.01.